The van der Waals surface area contributed by atoms with Gasteiger partial charge in [0.2, 0.25) is 0 Å². The van der Waals surface area contributed by atoms with Gasteiger partial charge in [0.1, 0.15) is 0 Å². The maximum absolute atomic E-state index is 5.47. The van der Waals surface area contributed by atoms with E-state index in [1.165, 1.54) is 25.7 Å². The van der Waals surface area contributed by atoms with Crippen molar-refractivity contribution in [2.75, 3.05) is 0 Å². The average Bonchev–Trinajstić information content (AvgIpc) is 2.00. The number of nitrogens with one attached hydrogen (secondary N) is 1. The van der Waals surface area contributed by atoms with Crippen molar-refractivity contribution in [1.29, 1.82) is 0 Å². The summed E-state index contributed by atoms with van der Waals surface area (Å²) in [7, 11) is 0. The molecule has 2 nitrogen and oxygen atoms in total. The van der Waals surface area contributed by atoms with Gasteiger partial charge in [0.15, 0.2) is 0 Å². The molecule has 0 aliphatic carbocycles. The minimum Gasteiger partial charge on any atom is -0.296 e. The van der Waals surface area contributed by atoms with E-state index in [0.29, 0.717) is 6.04 Å². The van der Waals surface area contributed by atoms with Crippen molar-refractivity contribution in [2.45, 2.75) is 71.9 Å². The van der Waals surface area contributed by atoms with E-state index >= 15 is 0 Å². The molecule has 0 amide bonds. The lowest BCUT2D eigenvalue weighted by atomic mass is 10.1. The molecule has 2 heteroatoms. The summed E-state index contributed by atoms with van der Waals surface area (Å²) in [6.45, 7) is 10.6. The largest absolute Gasteiger partial charge is 0.296 e. The Morgan fingerprint density at radius 2 is 1.85 bits per heavy atom. The van der Waals surface area contributed by atoms with Crippen LogP contribution in [0.2, 0.25) is 0 Å². The van der Waals surface area contributed by atoms with Crippen molar-refractivity contribution >= 4 is 0 Å². The summed E-state index contributed by atoms with van der Waals surface area (Å²) in [5.74, 6) is 0. The van der Waals surface area contributed by atoms with E-state index in [0.717, 1.165) is 0 Å². The van der Waals surface area contributed by atoms with Crippen LogP contribution in [0.4, 0.5) is 0 Å². The average molecular weight is 187 g/mol. The van der Waals surface area contributed by atoms with E-state index in [-0.39, 0.29) is 5.60 Å². The highest BCUT2D eigenvalue weighted by atomic mass is 16.7. The minimum absolute atomic E-state index is 0.0843. The highest BCUT2D eigenvalue weighted by Crippen LogP contribution is 2.07. The third kappa shape index (κ3) is 9.84. The van der Waals surface area contributed by atoms with Gasteiger partial charge < -0.3 is 0 Å². The molecule has 0 spiro atoms. The maximum atomic E-state index is 5.47. The standard InChI is InChI=1S/C11H25NO/c1-6-7-8-9-10(2)12-13-11(3,4)5/h10,12H,6-9H2,1-5H3. The first-order valence-electron chi connectivity index (χ1n) is 5.39. The number of hydrogen-bond donors (Lipinski definition) is 1. The second kappa shape index (κ2) is 6.39. The Morgan fingerprint density at radius 1 is 1.23 bits per heavy atom. The molecule has 0 bridgehead atoms. The number of hydrogen-bond acceptors (Lipinski definition) is 2. The highest BCUT2D eigenvalue weighted by Gasteiger charge is 2.11. The van der Waals surface area contributed by atoms with Crippen LogP contribution in [0, 0.1) is 0 Å². The summed E-state index contributed by atoms with van der Waals surface area (Å²) in [6, 6.07) is 0.464. The third-order valence-electron chi connectivity index (χ3n) is 1.81. The zero-order valence-corrected chi connectivity index (χ0v) is 9.81. The summed E-state index contributed by atoms with van der Waals surface area (Å²) in [5, 5.41) is 0. The molecule has 0 rings (SSSR count). The van der Waals surface area contributed by atoms with Crippen LogP contribution in [-0.2, 0) is 4.84 Å². The molecule has 1 atom stereocenters. The van der Waals surface area contributed by atoms with E-state index in [4.69, 9.17) is 4.84 Å². The molecular weight excluding hydrogens is 162 g/mol. The number of rotatable bonds is 6. The van der Waals surface area contributed by atoms with Gasteiger partial charge in [-0.15, -0.1) is 0 Å². The Hall–Kier alpha value is -0.0800. The summed E-state index contributed by atoms with van der Waals surface area (Å²) in [6.07, 6.45) is 5.09. The highest BCUT2D eigenvalue weighted by molar-refractivity contribution is 4.60. The van der Waals surface area contributed by atoms with Crippen molar-refractivity contribution in [1.82, 2.24) is 5.48 Å². The van der Waals surface area contributed by atoms with Crippen LogP contribution in [0.3, 0.4) is 0 Å². The lowest BCUT2D eigenvalue weighted by Gasteiger charge is -2.22. The van der Waals surface area contributed by atoms with E-state index in [2.05, 4.69) is 40.1 Å². The van der Waals surface area contributed by atoms with Crippen LogP contribution in [0.15, 0.2) is 0 Å². The van der Waals surface area contributed by atoms with Gasteiger partial charge in [-0.05, 0) is 34.1 Å². The molecule has 0 aromatic heterocycles. The van der Waals surface area contributed by atoms with E-state index in [9.17, 15) is 0 Å². The van der Waals surface area contributed by atoms with E-state index in [1.807, 2.05) is 0 Å². The lowest BCUT2D eigenvalue weighted by molar-refractivity contribution is -0.0870. The van der Waals surface area contributed by atoms with Crippen LogP contribution in [0.5, 0.6) is 0 Å². The molecule has 1 unspecified atom stereocenters. The molecule has 80 valence electrons. The first-order valence-corrected chi connectivity index (χ1v) is 5.39. The monoisotopic (exact) mass is 187 g/mol. The van der Waals surface area contributed by atoms with Crippen molar-refractivity contribution in [3.05, 3.63) is 0 Å². The fraction of sp³-hybridized carbons (Fsp3) is 1.00. The second-order valence-electron chi connectivity index (χ2n) is 4.73. The summed E-state index contributed by atoms with van der Waals surface area (Å²) < 4.78 is 0. The van der Waals surface area contributed by atoms with Crippen molar-refractivity contribution in [3.63, 3.8) is 0 Å². The Bertz CT molecular complexity index is 118. The molecule has 1 N–H and O–H groups in total. The summed E-state index contributed by atoms with van der Waals surface area (Å²) >= 11 is 0. The smallest absolute Gasteiger partial charge is 0.0813 e. The normalized spacial score (nSPS) is 14.5. The second-order valence-corrected chi connectivity index (χ2v) is 4.73. The quantitative estimate of drug-likeness (QED) is 0.509. The molecule has 0 aliphatic rings. The molecule has 0 saturated carbocycles. The van der Waals surface area contributed by atoms with Gasteiger partial charge in [-0.25, -0.2) is 0 Å². The van der Waals surface area contributed by atoms with E-state index in [1.54, 1.807) is 0 Å². The van der Waals surface area contributed by atoms with Gasteiger partial charge in [0, 0.05) is 6.04 Å². The summed E-state index contributed by atoms with van der Waals surface area (Å²) in [4.78, 5) is 5.47. The molecule has 0 heterocycles. The first kappa shape index (κ1) is 12.9. The Balaban J connectivity index is 3.35. The predicted octanol–water partition coefficient (Wildman–Crippen LogP) is 3.27. The number of unbranched alkanes of at least 4 members (excludes halogenated alkanes) is 2. The van der Waals surface area contributed by atoms with Gasteiger partial charge in [-0.1, -0.05) is 26.2 Å². The van der Waals surface area contributed by atoms with E-state index < -0.39 is 0 Å². The number of hydroxylamine groups is 1. The Labute approximate surface area is 83.0 Å². The third-order valence-corrected chi connectivity index (χ3v) is 1.81. The SMILES string of the molecule is CCCCCC(C)NOC(C)(C)C. The molecule has 13 heavy (non-hydrogen) atoms. The van der Waals surface area contributed by atoms with Gasteiger partial charge in [0.05, 0.1) is 5.60 Å². The fourth-order valence-electron chi connectivity index (χ4n) is 1.04. The van der Waals surface area contributed by atoms with Gasteiger partial charge in [0.25, 0.3) is 0 Å². The molecule has 0 fully saturated rings. The Kier molecular flexibility index (Phi) is 6.35. The van der Waals surface area contributed by atoms with Gasteiger partial charge in [-0.2, -0.15) is 5.48 Å². The van der Waals surface area contributed by atoms with Crippen LogP contribution < -0.4 is 5.48 Å². The molecular formula is C11H25NO. The molecule has 0 saturated heterocycles. The first-order chi connectivity index (χ1) is 5.95. The topological polar surface area (TPSA) is 21.3 Å². The predicted molar refractivity (Wildman–Crippen MR) is 57.6 cm³/mol. The van der Waals surface area contributed by atoms with Crippen LogP contribution >= 0.6 is 0 Å². The Morgan fingerprint density at radius 3 is 2.31 bits per heavy atom. The molecule has 0 aromatic carbocycles. The molecule has 0 aliphatic heterocycles. The lowest BCUT2D eigenvalue weighted by Crippen LogP contribution is -2.34. The molecule has 0 radical (unpaired) electrons. The van der Waals surface area contributed by atoms with Crippen molar-refractivity contribution in [3.8, 4) is 0 Å². The van der Waals surface area contributed by atoms with Gasteiger partial charge >= 0.3 is 0 Å². The van der Waals surface area contributed by atoms with Crippen LogP contribution in [0.1, 0.15) is 60.3 Å². The minimum atomic E-state index is -0.0843. The zero-order chi connectivity index (χ0) is 10.3. The molecule has 0 aromatic rings. The maximum Gasteiger partial charge on any atom is 0.0813 e. The van der Waals surface area contributed by atoms with Crippen molar-refractivity contribution in [2.24, 2.45) is 0 Å². The van der Waals surface area contributed by atoms with Crippen LogP contribution in [-0.4, -0.2) is 11.6 Å². The zero-order valence-electron chi connectivity index (χ0n) is 9.81. The van der Waals surface area contributed by atoms with Crippen LogP contribution in [0.25, 0.3) is 0 Å². The van der Waals surface area contributed by atoms with Gasteiger partial charge in [-0.3, -0.25) is 4.84 Å². The summed E-state index contributed by atoms with van der Waals surface area (Å²) in [5.41, 5.74) is 3.00. The fourth-order valence-corrected chi connectivity index (χ4v) is 1.04. The van der Waals surface area contributed by atoms with Crippen molar-refractivity contribution < 1.29 is 4.84 Å².